The first-order valence-corrected chi connectivity index (χ1v) is 5.80. The van der Waals surface area contributed by atoms with Gasteiger partial charge in [0.25, 0.3) is 0 Å². The maximum absolute atomic E-state index is 10.8. The minimum Gasteiger partial charge on any atom is -0.495 e. The number of aliphatic carboxylic acids is 1. The smallest absolute Gasteiger partial charge is 0.306 e. The van der Waals surface area contributed by atoms with E-state index in [0.29, 0.717) is 6.42 Å². The number of carboxylic acid groups (broad SMARTS) is 1. The minimum absolute atomic E-state index is 0.414. The standard InChI is InChI=1S/C12H15BrO3/c1-7-4-9(6-8(2)12(14)15)11(16-3)10(13)5-7/h4-5,8H,6H2,1-3H3,(H,14,15). The van der Waals surface area contributed by atoms with Crippen molar-refractivity contribution in [1.82, 2.24) is 0 Å². The van der Waals surface area contributed by atoms with Crippen LogP contribution in [-0.2, 0) is 11.2 Å². The highest BCUT2D eigenvalue weighted by Gasteiger charge is 2.16. The summed E-state index contributed by atoms with van der Waals surface area (Å²) in [5, 5.41) is 8.89. The number of ether oxygens (including phenoxy) is 1. The molecule has 16 heavy (non-hydrogen) atoms. The van der Waals surface area contributed by atoms with Gasteiger partial charge in [0, 0.05) is 0 Å². The van der Waals surface area contributed by atoms with Crippen molar-refractivity contribution >= 4 is 21.9 Å². The Bertz CT molecular complexity index is 401. The number of carboxylic acids is 1. The van der Waals surface area contributed by atoms with Crippen molar-refractivity contribution in [3.05, 3.63) is 27.7 Å². The van der Waals surface area contributed by atoms with E-state index in [0.717, 1.165) is 21.3 Å². The van der Waals surface area contributed by atoms with Crippen molar-refractivity contribution in [2.75, 3.05) is 7.11 Å². The molecule has 1 atom stereocenters. The third-order valence-electron chi connectivity index (χ3n) is 2.42. The van der Waals surface area contributed by atoms with Gasteiger partial charge in [-0.2, -0.15) is 0 Å². The predicted octanol–water partition coefficient (Wildman–Crippen LogP) is 3.03. The van der Waals surface area contributed by atoms with Crippen LogP contribution in [0, 0.1) is 12.8 Å². The van der Waals surface area contributed by atoms with Crippen molar-refractivity contribution in [1.29, 1.82) is 0 Å². The second-order valence-corrected chi connectivity index (χ2v) is 4.74. The number of aryl methyl sites for hydroxylation is 1. The number of methoxy groups -OCH3 is 1. The molecule has 1 aromatic rings. The highest BCUT2D eigenvalue weighted by atomic mass is 79.9. The topological polar surface area (TPSA) is 46.5 Å². The van der Waals surface area contributed by atoms with Crippen LogP contribution in [0.15, 0.2) is 16.6 Å². The van der Waals surface area contributed by atoms with Crippen LogP contribution in [0.1, 0.15) is 18.1 Å². The van der Waals surface area contributed by atoms with Crippen LogP contribution in [0.3, 0.4) is 0 Å². The summed E-state index contributed by atoms with van der Waals surface area (Å²) in [6, 6.07) is 3.91. The molecule has 0 bridgehead atoms. The fraction of sp³-hybridized carbons (Fsp3) is 0.417. The molecule has 0 saturated heterocycles. The number of rotatable bonds is 4. The maximum atomic E-state index is 10.8. The summed E-state index contributed by atoms with van der Waals surface area (Å²) in [4.78, 5) is 10.8. The van der Waals surface area contributed by atoms with Crippen molar-refractivity contribution in [2.24, 2.45) is 5.92 Å². The first-order valence-electron chi connectivity index (χ1n) is 5.01. The second kappa shape index (κ2) is 5.34. The summed E-state index contributed by atoms with van der Waals surface area (Å²) in [5.74, 6) is -0.485. The van der Waals surface area contributed by atoms with Crippen LogP contribution in [0.25, 0.3) is 0 Å². The molecule has 0 aliphatic rings. The highest BCUT2D eigenvalue weighted by molar-refractivity contribution is 9.10. The summed E-state index contributed by atoms with van der Waals surface area (Å²) in [6.45, 7) is 3.66. The lowest BCUT2D eigenvalue weighted by Crippen LogP contribution is -2.13. The van der Waals surface area contributed by atoms with Crippen LogP contribution in [0.4, 0.5) is 0 Å². The van der Waals surface area contributed by atoms with Crippen LogP contribution in [0.2, 0.25) is 0 Å². The van der Waals surface area contributed by atoms with Gasteiger partial charge in [-0.3, -0.25) is 4.79 Å². The van der Waals surface area contributed by atoms with Gasteiger partial charge in [0.1, 0.15) is 5.75 Å². The van der Waals surface area contributed by atoms with Crippen molar-refractivity contribution in [3.8, 4) is 5.75 Å². The van der Waals surface area contributed by atoms with E-state index >= 15 is 0 Å². The number of hydrogen-bond donors (Lipinski definition) is 1. The molecule has 1 N–H and O–H groups in total. The van der Waals surface area contributed by atoms with E-state index in [1.807, 2.05) is 19.1 Å². The van der Waals surface area contributed by atoms with E-state index < -0.39 is 11.9 Å². The molecule has 0 spiro atoms. The number of hydrogen-bond acceptors (Lipinski definition) is 2. The Balaban J connectivity index is 3.07. The molecule has 0 radical (unpaired) electrons. The minimum atomic E-state index is -0.792. The van der Waals surface area contributed by atoms with Gasteiger partial charge in [0.2, 0.25) is 0 Å². The zero-order valence-corrected chi connectivity index (χ0v) is 11.2. The highest BCUT2D eigenvalue weighted by Crippen LogP contribution is 2.32. The Morgan fingerprint density at radius 2 is 2.19 bits per heavy atom. The number of carbonyl (C=O) groups is 1. The Hall–Kier alpha value is -1.03. The van der Waals surface area contributed by atoms with Gasteiger partial charge in [0.05, 0.1) is 17.5 Å². The van der Waals surface area contributed by atoms with E-state index in [4.69, 9.17) is 9.84 Å². The van der Waals surface area contributed by atoms with E-state index in [1.54, 1.807) is 14.0 Å². The zero-order chi connectivity index (χ0) is 12.3. The van der Waals surface area contributed by atoms with Gasteiger partial charge < -0.3 is 9.84 Å². The summed E-state index contributed by atoms with van der Waals surface area (Å²) >= 11 is 3.41. The molecular weight excluding hydrogens is 272 g/mol. The second-order valence-electron chi connectivity index (χ2n) is 3.88. The predicted molar refractivity (Wildman–Crippen MR) is 65.9 cm³/mol. The van der Waals surface area contributed by atoms with Gasteiger partial charge in [0.15, 0.2) is 0 Å². The third-order valence-corrected chi connectivity index (χ3v) is 3.01. The van der Waals surface area contributed by atoms with Gasteiger partial charge in [-0.25, -0.2) is 0 Å². The molecule has 4 heteroatoms. The van der Waals surface area contributed by atoms with Crippen LogP contribution in [-0.4, -0.2) is 18.2 Å². The number of benzene rings is 1. The molecule has 1 rings (SSSR count). The monoisotopic (exact) mass is 286 g/mol. The molecule has 0 aromatic heterocycles. The van der Waals surface area contributed by atoms with E-state index in [2.05, 4.69) is 15.9 Å². The Kier molecular flexibility index (Phi) is 4.35. The summed E-state index contributed by atoms with van der Waals surface area (Å²) in [7, 11) is 1.59. The van der Waals surface area contributed by atoms with E-state index in [-0.39, 0.29) is 0 Å². The third kappa shape index (κ3) is 2.98. The summed E-state index contributed by atoms with van der Waals surface area (Å²) in [6.07, 6.45) is 0.471. The Labute approximate surface area is 104 Å². The van der Waals surface area contributed by atoms with Gasteiger partial charge >= 0.3 is 5.97 Å². The molecule has 3 nitrogen and oxygen atoms in total. The first-order chi connectivity index (χ1) is 7.45. The van der Waals surface area contributed by atoms with Crippen LogP contribution >= 0.6 is 15.9 Å². The summed E-state index contributed by atoms with van der Waals surface area (Å²) in [5.41, 5.74) is 2.00. The Morgan fingerprint density at radius 3 is 2.69 bits per heavy atom. The van der Waals surface area contributed by atoms with Crippen LogP contribution in [0.5, 0.6) is 5.75 Å². The lowest BCUT2D eigenvalue weighted by Gasteiger charge is -2.13. The molecule has 1 unspecified atom stereocenters. The molecule has 0 fully saturated rings. The lowest BCUT2D eigenvalue weighted by molar-refractivity contribution is -0.141. The molecule has 0 aliphatic carbocycles. The molecule has 0 aliphatic heterocycles. The quantitative estimate of drug-likeness (QED) is 0.926. The molecule has 0 heterocycles. The Morgan fingerprint density at radius 1 is 1.56 bits per heavy atom. The van der Waals surface area contributed by atoms with Gasteiger partial charge in [-0.1, -0.05) is 13.0 Å². The average molecular weight is 287 g/mol. The SMILES string of the molecule is COc1c(Br)cc(C)cc1CC(C)C(=O)O. The van der Waals surface area contributed by atoms with E-state index in [9.17, 15) is 4.79 Å². The fourth-order valence-electron chi connectivity index (χ4n) is 1.60. The molecule has 1 aromatic carbocycles. The molecule has 0 amide bonds. The van der Waals surface area contributed by atoms with Gasteiger partial charge in [-0.15, -0.1) is 0 Å². The zero-order valence-electron chi connectivity index (χ0n) is 9.58. The normalized spacial score (nSPS) is 12.2. The molecule has 0 saturated carbocycles. The van der Waals surface area contributed by atoms with Crippen molar-refractivity contribution < 1.29 is 14.6 Å². The summed E-state index contributed by atoms with van der Waals surface area (Å²) < 4.78 is 6.14. The van der Waals surface area contributed by atoms with Crippen LogP contribution < -0.4 is 4.74 Å². The van der Waals surface area contributed by atoms with Crippen molar-refractivity contribution in [3.63, 3.8) is 0 Å². The van der Waals surface area contributed by atoms with Gasteiger partial charge in [-0.05, 0) is 46.5 Å². The van der Waals surface area contributed by atoms with E-state index in [1.165, 1.54) is 0 Å². The average Bonchev–Trinajstić information content (AvgIpc) is 2.16. The number of halogens is 1. The lowest BCUT2D eigenvalue weighted by atomic mass is 9.99. The largest absolute Gasteiger partial charge is 0.495 e. The van der Waals surface area contributed by atoms with Crippen molar-refractivity contribution in [2.45, 2.75) is 20.3 Å². The maximum Gasteiger partial charge on any atom is 0.306 e. The molecule has 88 valence electrons. The first kappa shape index (κ1) is 13.0. The fourth-order valence-corrected chi connectivity index (χ4v) is 2.38. The molecular formula is C12H15BrO3.